The van der Waals surface area contributed by atoms with Crippen molar-refractivity contribution >= 4 is 21.8 Å². The van der Waals surface area contributed by atoms with Gasteiger partial charge in [0.2, 0.25) is 0 Å². The third-order valence-electron chi connectivity index (χ3n) is 1.89. The van der Waals surface area contributed by atoms with Gasteiger partial charge in [-0.2, -0.15) is 0 Å². The van der Waals surface area contributed by atoms with Crippen LogP contribution in [0.1, 0.15) is 17.4 Å². The molecule has 0 fully saturated rings. The summed E-state index contributed by atoms with van der Waals surface area (Å²) in [4.78, 5) is 17.5. The van der Waals surface area contributed by atoms with Gasteiger partial charge >= 0.3 is 0 Å². The Morgan fingerprint density at radius 3 is 2.93 bits per heavy atom. The van der Waals surface area contributed by atoms with Crippen LogP contribution < -0.4 is 0 Å². The predicted octanol–water partition coefficient (Wildman–Crippen LogP) is 1.94. The van der Waals surface area contributed by atoms with E-state index >= 15 is 0 Å². The number of nitrogens with zero attached hydrogens (tertiary/aromatic N) is 2. The quantitative estimate of drug-likeness (QED) is 0.619. The number of halogens is 1. The standard InChI is InChI=1S/C11H11BrN2O/c1-3-8-14(4-2)11(15)9-6-5-7-10(12)13-9/h1,5-7H,4,8H2,2H3. The van der Waals surface area contributed by atoms with Crippen LogP contribution in [0.5, 0.6) is 0 Å². The second kappa shape index (κ2) is 5.52. The van der Waals surface area contributed by atoms with Crippen LogP contribution in [0.4, 0.5) is 0 Å². The summed E-state index contributed by atoms with van der Waals surface area (Å²) in [7, 11) is 0. The maximum Gasteiger partial charge on any atom is 0.273 e. The number of carbonyl (C=O) groups is 1. The van der Waals surface area contributed by atoms with Crippen molar-refractivity contribution in [3.05, 3.63) is 28.5 Å². The van der Waals surface area contributed by atoms with Crippen molar-refractivity contribution in [2.45, 2.75) is 6.92 Å². The van der Waals surface area contributed by atoms with E-state index in [1.54, 1.807) is 23.1 Å². The van der Waals surface area contributed by atoms with Crippen LogP contribution in [0, 0.1) is 12.3 Å². The SMILES string of the molecule is C#CCN(CC)C(=O)c1cccc(Br)n1. The number of terminal acetylenes is 1. The molecule has 0 bridgehead atoms. The summed E-state index contributed by atoms with van der Waals surface area (Å²) in [5.74, 6) is 2.31. The highest BCUT2D eigenvalue weighted by Gasteiger charge is 2.14. The number of rotatable bonds is 3. The second-order valence-electron chi connectivity index (χ2n) is 2.87. The summed E-state index contributed by atoms with van der Waals surface area (Å²) in [5, 5.41) is 0. The minimum Gasteiger partial charge on any atom is -0.326 e. The number of aromatic nitrogens is 1. The molecule has 1 rings (SSSR count). The molecule has 3 nitrogen and oxygen atoms in total. The van der Waals surface area contributed by atoms with Gasteiger partial charge in [-0.25, -0.2) is 4.98 Å². The number of hydrogen-bond donors (Lipinski definition) is 0. The van der Waals surface area contributed by atoms with Crippen LogP contribution in [0.3, 0.4) is 0 Å². The molecule has 0 saturated heterocycles. The monoisotopic (exact) mass is 266 g/mol. The summed E-state index contributed by atoms with van der Waals surface area (Å²) < 4.78 is 0.644. The van der Waals surface area contributed by atoms with Crippen molar-refractivity contribution in [2.75, 3.05) is 13.1 Å². The van der Waals surface area contributed by atoms with E-state index in [1.165, 1.54) is 0 Å². The minimum absolute atomic E-state index is 0.142. The Labute approximate surface area is 97.6 Å². The van der Waals surface area contributed by atoms with Gasteiger partial charge in [-0.15, -0.1) is 6.42 Å². The Kier molecular flexibility index (Phi) is 4.32. The fourth-order valence-corrected chi connectivity index (χ4v) is 1.47. The molecule has 0 N–H and O–H groups in total. The van der Waals surface area contributed by atoms with E-state index in [-0.39, 0.29) is 5.91 Å². The van der Waals surface area contributed by atoms with Crippen LogP contribution in [0.25, 0.3) is 0 Å². The lowest BCUT2D eigenvalue weighted by molar-refractivity contribution is 0.0779. The van der Waals surface area contributed by atoms with E-state index in [9.17, 15) is 4.79 Å². The largest absolute Gasteiger partial charge is 0.326 e. The van der Waals surface area contributed by atoms with E-state index in [0.29, 0.717) is 23.4 Å². The summed E-state index contributed by atoms with van der Waals surface area (Å²) in [6, 6.07) is 5.22. The van der Waals surface area contributed by atoms with Gasteiger partial charge in [-0.1, -0.05) is 12.0 Å². The molecule has 0 aliphatic carbocycles. The van der Waals surface area contributed by atoms with E-state index in [4.69, 9.17) is 6.42 Å². The molecule has 1 amide bonds. The van der Waals surface area contributed by atoms with Crippen molar-refractivity contribution in [1.82, 2.24) is 9.88 Å². The van der Waals surface area contributed by atoms with Gasteiger partial charge in [-0.05, 0) is 35.0 Å². The van der Waals surface area contributed by atoms with E-state index in [2.05, 4.69) is 26.8 Å². The number of carbonyl (C=O) groups excluding carboxylic acids is 1. The molecule has 0 spiro atoms. The third kappa shape index (κ3) is 3.07. The summed E-state index contributed by atoms with van der Waals surface area (Å²) in [6.45, 7) is 2.77. The fourth-order valence-electron chi connectivity index (χ4n) is 1.13. The highest BCUT2D eigenvalue weighted by molar-refractivity contribution is 9.10. The fraction of sp³-hybridized carbons (Fsp3) is 0.273. The highest BCUT2D eigenvalue weighted by atomic mass is 79.9. The summed E-state index contributed by atoms with van der Waals surface area (Å²) in [6.07, 6.45) is 5.18. The normalized spacial score (nSPS) is 9.40. The Hall–Kier alpha value is -1.34. The molecule has 0 aliphatic heterocycles. The molecule has 15 heavy (non-hydrogen) atoms. The number of pyridine rings is 1. The van der Waals surface area contributed by atoms with Gasteiger partial charge in [-0.3, -0.25) is 4.79 Å². The molecule has 1 aromatic heterocycles. The minimum atomic E-state index is -0.142. The van der Waals surface area contributed by atoms with Gasteiger partial charge < -0.3 is 4.90 Å². The number of hydrogen-bond acceptors (Lipinski definition) is 2. The van der Waals surface area contributed by atoms with Crippen molar-refractivity contribution in [2.24, 2.45) is 0 Å². The van der Waals surface area contributed by atoms with Crippen LogP contribution >= 0.6 is 15.9 Å². The molecule has 78 valence electrons. The molecular formula is C11H11BrN2O. The Morgan fingerprint density at radius 2 is 2.40 bits per heavy atom. The van der Waals surface area contributed by atoms with Crippen LogP contribution in [-0.2, 0) is 0 Å². The lowest BCUT2D eigenvalue weighted by Gasteiger charge is -2.17. The van der Waals surface area contributed by atoms with Crippen LogP contribution in [0.2, 0.25) is 0 Å². The second-order valence-corrected chi connectivity index (χ2v) is 3.68. The zero-order valence-electron chi connectivity index (χ0n) is 8.40. The maximum atomic E-state index is 11.9. The van der Waals surface area contributed by atoms with Crippen LogP contribution in [0.15, 0.2) is 22.8 Å². The molecule has 1 aromatic rings. The zero-order valence-corrected chi connectivity index (χ0v) is 9.99. The Bertz CT molecular complexity index is 398. The molecule has 0 unspecified atom stereocenters. The molecule has 0 atom stereocenters. The van der Waals surface area contributed by atoms with E-state index in [1.807, 2.05) is 6.92 Å². The van der Waals surface area contributed by atoms with Crippen molar-refractivity contribution in [3.63, 3.8) is 0 Å². The van der Waals surface area contributed by atoms with E-state index < -0.39 is 0 Å². The Morgan fingerprint density at radius 1 is 1.67 bits per heavy atom. The first-order chi connectivity index (χ1) is 7.19. The average Bonchev–Trinajstić information content (AvgIpc) is 2.25. The van der Waals surface area contributed by atoms with Gasteiger partial charge in [0.05, 0.1) is 6.54 Å². The Balaban J connectivity index is 2.88. The van der Waals surface area contributed by atoms with Gasteiger partial charge in [0.1, 0.15) is 10.3 Å². The average molecular weight is 267 g/mol. The topological polar surface area (TPSA) is 33.2 Å². The smallest absolute Gasteiger partial charge is 0.273 e. The lowest BCUT2D eigenvalue weighted by Crippen LogP contribution is -2.31. The lowest BCUT2D eigenvalue weighted by atomic mass is 10.3. The van der Waals surface area contributed by atoms with Crippen molar-refractivity contribution in [1.29, 1.82) is 0 Å². The molecule has 1 heterocycles. The van der Waals surface area contributed by atoms with Crippen molar-refractivity contribution < 1.29 is 4.79 Å². The molecule has 0 aliphatic rings. The van der Waals surface area contributed by atoms with Gasteiger partial charge in [0.25, 0.3) is 5.91 Å². The maximum absolute atomic E-state index is 11.9. The highest BCUT2D eigenvalue weighted by Crippen LogP contribution is 2.08. The van der Waals surface area contributed by atoms with Crippen molar-refractivity contribution in [3.8, 4) is 12.3 Å². The molecule has 0 radical (unpaired) electrons. The zero-order chi connectivity index (χ0) is 11.3. The molecule has 0 saturated carbocycles. The van der Waals surface area contributed by atoms with Crippen LogP contribution in [-0.4, -0.2) is 28.9 Å². The molecular weight excluding hydrogens is 256 g/mol. The first kappa shape index (κ1) is 11.7. The molecule has 4 heteroatoms. The summed E-state index contributed by atoms with van der Waals surface area (Å²) >= 11 is 3.22. The first-order valence-electron chi connectivity index (χ1n) is 4.54. The third-order valence-corrected chi connectivity index (χ3v) is 2.33. The summed E-state index contributed by atoms with van der Waals surface area (Å²) in [5.41, 5.74) is 0.404. The molecule has 0 aromatic carbocycles. The predicted molar refractivity (Wildman–Crippen MR) is 62.3 cm³/mol. The van der Waals surface area contributed by atoms with Gasteiger partial charge in [0, 0.05) is 6.54 Å². The number of amides is 1. The van der Waals surface area contributed by atoms with E-state index in [0.717, 1.165) is 0 Å². The van der Waals surface area contributed by atoms with Gasteiger partial charge in [0.15, 0.2) is 0 Å². The first-order valence-corrected chi connectivity index (χ1v) is 5.33.